The van der Waals surface area contributed by atoms with Gasteiger partial charge in [0.25, 0.3) is 0 Å². The van der Waals surface area contributed by atoms with Crippen LogP contribution in [-0.2, 0) is 4.79 Å². The zero-order valence-electron chi connectivity index (χ0n) is 13.5. The molecule has 1 aliphatic rings. The molecule has 4 heteroatoms. The van der Waals surface area contributed by atoms with Gasteiger partial charge in [-0.2, -0.15) is 0 Å². The Kier molecular flexibility index (Phi) is 4.69. The fourth-order valence-corrected chi connectivity index (χ4v) is 2.96. The molecule has 2 atom stereocenters. The van der Waals surface area contributed by atoms with E-state index in [0.717, 1.165) is 25.2 Å². The molecule has 2 N–H and O–H groups in total. The summed E-state index contributed by atoms with van der Waals surface area (Å²) in [6.45, 7) is 8.11. The van der Waals surface area contributed by atoms with Crippen molar-refractivity contribution in [1.82, 2.24) is 4.90 Å². The number of rotatable bonds is 3. The number of benzene rings is 1. The molecule has 0 spiro atoms. The van der Waals surface area contributed by atoms with E-state index in [4.69, 9.17) is 5.73 Å². The Balaban J connectivity index is 2.06. The summed E-state index contributed by atoms with van der Waals surface area (Å²) in [4.78, 5) is 16.7. The van der Waals surface area contributed by atoms with Crippen LogP contribution in [0.3, 0.4) is 0 Å². The van der Waals surface area contributed by atoms with E-state index in [9.17, 15) is 4.79 Å². The molecular weight excluding hydrogens is 262 g/mol. The first-order valence-electron chi connectivity index (χ1n) is 7.65. The highest BCUT2D eigenvalue weighted by Crippen LogP contribution is 2.29. The standard InChI is InChI=1S/C17H27N3O/c1-13(20-11-10-15(18)17(2,3)12-20)16(21)19(4)14-8-6-5-7-9-14/h5-9,13,15H,10-12,18H2,1-4H3. The van der Waals surface area contributed by atoms with Gasteiger partial charge in [-0.25, -0.2) is 0 Å². The second kappa shape index (κ2) is 6.16. The Hall–Kier alpha value is -1.39. The van der Waals surface area contributed by atoms with Crippen molar-refractivity contribution in [2.24, 2.45) is 11.1 Å². The van der Waals surface area contributed by atoms with Crippen molar-refractivity contribution in [2.45, 2.75) is 39.3 Å². The Morgan fingerprint density at radius 2 is 2.00 bits per heavy atom. The highest BCUT2D eigenvalue weighted by atomic mass is 16.2. The fourth-order valence-electron chi connectivity index (χ4n) is 2.96. The van der Waals surface area contributed by atoms with Gasteiger partial charge in [-0.05, 0) is 30.9 Å². The average Bonchev–Trinajstić information content (AvgIpc) is 2.48. The number of hydrogen-bond donors (Lipinski definition) is 1. The topological polar surface area (TPSA) is 49.6 Å². The Labute approximate surface area is 127 Å². The summed E-state index contributed by atoms with van der Waals surface area (Å²) in [5.41, 5.74) is 7.17. The third-order valence-electron chi connectivity index (χ3n) is 4.72. The van der Waals surface area contributed by atoms with Crippen molar-refractivity contribution in [1.29, 1.82) is 0 Å². The lowest BCUT2D eigenvalue weighted by atomic mass is 9.79. The molecule has 0 bridgehead atoms. The first-order chi connectivity index (χ1) is 9.83. The van der Waals surface area contributed by atoms with Crippen LogP contribution < -0.4 is 10.6 Å². The van der Waals surface area contributed by atoms with Crippen molar-refractivity contribution in [3.05, 3.63) is 30.3 Å². The number of carbonyl (C=O) groups is 1. The molecular formula is C17H27N3O. The second-order valence-electron chi connectivity index (χ2n) is 6.76. The highest BCUT2D eigenvalue weighted by Gasteiger charge is 2.37. The van der Waals surface area contributed by atoms with Crippen LogP contribution >= 0.6 is 0 Å². The summed E-state index contributed by atoms with van der Waals surface area (Å²) < 4.78 is 0. The maximum absolute atomic E-state index is 12.7. The Morgan fingerprint density at radius 1 is 1.38 bits per heavy atom. The smallest absolute Gasteiger partial charge is 0.243 e. The first-order valence-corrected chi connectivity index (χ1v) is 7.65. The number of nitrogens with zero attached hydrogens (tertiary/aromatic N) is 2. The summed E-state index contributed by atoms with van der Waals surface area (Å²) in [7, 11) is 1.84. The van der Waals surface area contributed by atoms with Crippen molar-refractivity contribution >= 4 is 11.6 Å². The molecule has 0 aliphatic carbocycles. The van der Waals surface area contributed by atoms with E-state index < -0.39 is 0 Å². The maximum atomic E-state index is 12.7. The molecule has 1 heterocycles. The number of piperidine rings is 1. The van der Waals surface area contributed by atoms with Crippen LogP contribution in [0.4, 0.5) is 5.69 Å². The number of likely N-dealkylation sites (N-methyl/N-ethyl adjacent to an activating group) is 1. The SMILES string of the molecule is CC(C(=O)N(C)c1ccccc1)N1CCC(N)C(C)(C)C1. The minimum atomic E-state index is -0.123. The van der Waals surface area contributed by atoms with Crippen LogP contribution in [-0.4, -0.2) is 43.0 Å². The monoisotopic (exact) mass is 289 g/mol. The number of anilines is 1. The second-order valence-corrected chi connectivity index (χ2v) is 6.76. The van der Waals surface area contributed by atoms with Crippen molar-refractivity contribution in [3.63, 3.8) is 0 Å². The van der Waals surface area contributed by atoms with Gasteiger partial charge in [0.05, 0.1) is 6.04 Å². The van der Waals surface area contributed by atoms with E-state index in [1.165, 1.54) is 0 Å². The molecule has 0 radical (unpaired) electrons. The molecule has 1 amide bonds. The van der Waals surface area contributed by atoms with Gasteiger partial charge in [0, 0.05) is 31.9 Å². The Morgan fingerprint density at radius 3 is 2.57 bits per heavy atom. The molecule has 1 aromatic rings. The molecule has 4 nitrogen and oxygen atoms in total. The number of para-hydroxylation sites is 1. The lowest BCUT2D eigenvalue weighted by Gasteiger charge is -2.45. The molecule has 1 aliphatic heterocycles. The van der Waals surface area contributed by atoms with Gasteiger partial charge in [-0.15, -0.1) is 0 Å². The highest BCUT2D eigenvalue weighted by molar-refractivity contribution is 5.96. The Bertz CT molecular complexity index is 486. The number of likely N-dealkylation sites (tertiary alicyclic amines) is 1. The molecule has 0 aromatic heterocycles. The third kappa shape index (κ3) is 3.44. The molecule has 2 rings (SSSR count). The van der Waals surface area contributed by atoms with E-state index >= 15 is 0 Å². The number of carbonyl (C=O) groups excluding carboxylic acids is 1. The lowest BCUT2D eigenvalue weighted by molar-refractivity contribution is -0.124. The number of hydrogen-bond acceptors (Lipinski definition) is 3. The molecule has 21 heavy (non-hydrogen) atoms. The van der Waals surface area contributed by atoms with Crippen molar-refractivity contribution in [2.75, 3.05) is 25.0 Å². The first kappa shape index (κ1) is 16.0. The summed E-state index contributed by atoms with van der Waals surface area (Å²) in [5.74, 6) is 0.132. The van der Waals surface area contributed by atoms with Gasteiger partial charge in [0.2, 0.25) is 5.91 Å². The van der Waals surface area contributed by atoms with E-state index in [-0.39, 0.29) is 23.4 Å². The molecule has 1 fully saturated rings. The van der Waals surface area contributed by atoms with E-state index in [2.05, 4.69) is 18.7 Å². The lowest BCUT2D eigenvalue weighted by Crippen LogP contribution is -2.57. The average molecular weight is 289 g/mol. The minimum absolute atomic E-state index is 0.0537. The van der Waals surface area contributed by atoms with E-state index in [1.54, 1.807) is 4.90 Å². The van der Waals surface area contributed by atoms with Crippen LogP contribution in [0.2, 0.25) is 0 Å². The van der Waals surface area contributed by atoms with Crippen molar-refractivity contribution < 1.29 is 4.79 Å². The zero-order chi connectivity index (χ0) is 15.6. The molecule has 1 aromatic carbocycles. The van der Waals surface area contributed by atoms with E-state index in [0.29, 0.717) is 0 Å². The van der Waals surface area contributed by atoms with Crippen molar-refractivity contribution in [3.8, 4) is 0 Å². The van der Waals surface area contributed by atoms with Gasteiger partial charge < -0.3 is 10.6 Å². The minimum Gasteiger partial charge on any atom is -0.327 e. The van der Waals surface area contributed by atoms with Crippen LogP contribution in [0.25, 0.3) is 0 Å². The quantitative estimate of drug-likeness (QED) is 0.927. The number of nitrogens with two attached hydrogens (primary N) is 1. The maximum Gasteiger partial charge on any atom is 0.243 e. The third-order valence-corrected chi connectivity index (χ3v) is 4.72. The predicted octanol–water partition coefficient (Wildman–Crippen LogP) is 2.10. The van der Waals surface area contributed by atoms with Gasteiger partial charge >= 0.3 is 0 Å². The van der Waals surface area contributed by atoms with Crippen LogP contribution in [0, 0.1) is 5.41 Å². The normalized spacial score (nSPS) is 23.6. The predicted molar refractivity (Wildman–Crippen MR) is 87.3 cm³/mol. The van der Waals surface area contributed by atoms with Gasteiger partial charge in [0.1, 0.15) is 0 Å². The number of amides is 1. The van der Waals surface area contributed by atoms with Crippen LogP contribution in [0.5, 0.6) is 0 Å². The van der Waals surface area contributed by atoms with Crippen LogP contribution in [0.1, 0.15) is 27.2 Å². The fraction of sp³-hybridized carbons (Fsp3) is 0.588. The molecule has 1 saturated heterocycles. The molecule has 116 valence electrons. The van der Waals surface area contributed by atoms with Gasteiger partial charge in [0.15, 0.2) is 0 Å². The summed E-state index contributed by atoms with van der Waals surface area (Å²) >= 11 is 0. The zero-order valence-corrected chi connectivity index (χ0v) is 13.5. The van der Waals surface area contributed by atoms with E-state index in [1.807, 2.05) is 44.3 Å². The van der Waals surface area contributed by atoms with Gasteiger partial charge in [-0.3, -0.25) is 9.69 Å². The molecule has 2 unspecified atom stereocenters. The van der Waals surface area contributed by atoms with Crippen LogP contribution in [0.15, 0.2) is 30.3 Å². The van der Waals surface area contributed by atoms with Gasteiger partial charge in [-0.1, -0.05) is 32.0 Å². The molecule has 0 saturated carbocycles. The summed E-state index contributed by atoms with van der Waals surface area (Å²) in [6, 6.07) is 9.87. The summed E-state index contributed by atoms with van der Waals surface area (Å²) in [5, 5.41) is 0. The summed E-state index contributed by atoms with van der Waals surface area (Å²) in [6.07, 6.45) is 0.944. The largest absolute Gasteiger partial charge is 0.327 e.